The minimum absolute atomic E-state index is 0.0559. The monoisotopic (exact) mass is 435 g/mol. The van der Waals surface area contributed by atoms with E-state index < -0.39 is 23.3 Å². The molecule has 0 radical (unpaired) electrons. The van der Waals surface area contributed by atoms with Crippen LogP contribution in [0.15, 0.2) is 36.5 Å². The second-order valence-electron chi connectivity index (χ2n) is 7.76. The molecule has 0 N–H and O–H groups in total. The Morgan fingerprint density at radius 2 is 1.39 bits per heavy atom. The molecule has 2 aliphatic rings. The van der Waals surface area contributed by atoms with Gasteiger partial charge in [0.2, 0.25) is 0 Å². The quantitative estimate of drug-likeness (QED) is 0.728. The van der Waals surface area contributed by atoms with Crippen LogP contribution < -0.4 is 0 Å². The first-order chi connectivity index (χ1) is 14.9. The molecule has 0 aliphatic carbocycles. The van der Waals surface area contributed by atoms with Gasteiger partial charge in [-0.3, -0.25) is 4.79 Å². The number of piperazine rings is 1. The number of alkyl halides is 3. The molecule has 3 amide bonds. The molecule has 2 aromatic rings. The van der Waals surface area contributed by atoms with E-state index in [2.05, 4.69) is 5.10 Å². The molecule has 0 atom stereocenters. The first-order valence-corrected chi connectivity index (χ1v) is 10.4. The number of carbonyl (C=O) groups excluding carboxylic acids is 2. The number of para-hydroxylation sites is 1. The summed E-state index contributed by atoms with van der Waals surface area (Å²) in [4.78, 5) is 30.4. The van der Waals surface area contributed by atoms with Gasteiger partial charge in [0.25, 0.3) is 5.91 Å². The van der Waals surface area contributed by atoms with Crippen molar-refractivity contribution in [2.75, 3.05) is 39.3 Å². The van der Waals surface area contributed by atoms with Gasteiger partial charge in [0.1, 0.15) is 0 Å². The van der Waals surface area contributed by atoms with E-state index in [1.165, 1.54) is 17.0 Å². The molecule has 0 unspecified atom stereocenters. The first-order valence-electron chi connectivity index (χ1n) is 10.4. The Morgan fingerprint density at radius 1 is 0.806 bits per heavy atom. The van der Waals surface area contributed by atoms with Gasteiger partial charge in [-0.1, -0.05) is 18.2 Å². The van der Waals surface area contributed by atoms with Gasteiger partial charge < -0.3 is 14.7 Å². The third-order valence-electron chi connectivity index (χ3n) is 5.73. The van der Waals surface area contributed by atoms with E-state index in [1.54, 1.807) is 23.1 Å². The third kappa shape index (κ3) is 4.38. The zero-order valence-corrected chi connectivity index (χ0v) is 17.0. The van der Waals surface area contributed by atoms with Gasteiger partial charge in [0.15, 0.2) is 5.69 Å². The van der Waals surface area contributed by atoms with Crippen molar-refractivity contribution in [3.63, 3.8) is 0 Å². The summed E-state index contributed by atoms with van der Waals surface area (Å²) in [6.07, 6.45) is -0.692. The van der Waals surface area contributed by atoms with Gasteiger partial charge in [0.05, 0.1) is 17.4 Å². The molecule has 10 heteroatoms. The maximum Gasteiger partial charge on any atom is 0.434 e. The van der Waals surface area contributed by atoms with Gasteiger partial charge in [-0.15, -0.1) is 0 Å². The molecule has 7 nitrogen and oxygen atoms in total. The molecule has 2 saturated heterocycles. The molecule has 0 bridgehead atoms. The SMILES string of the molecule is O=C(c1cnn(-c2ccccc2)c1C(F)(F)F)N1CCN(C(=O)N2CCCCC2)CC1. The van der Waals surface area contributed by atoms with Crippen LogP contribution in [0.3, 0.4) is 0 Å². The zero-order chi connectivity index (χ0) is 22.0. The summed E-state index contributed by atoms with van der Waals surface area (Å²) in [5, 5.41) is 3.85. The van der Waals surface area contributed by atoms with Crippen molar-refractivity contribution < 1.29 is 22.8 Å². The van der Waals surface area contributed by atoms with Crippen LogP contribution in [-0.2, 0) is 6.18 Å². The van der Waals surface area contributed by atoms with Crippen LogP contribution >= 0.6 is 0 Å². The van der Waals surface area contributed by atoms with E-state index in [0.29, 0.717) is 13.1 Å². The summed E-state index contributed by atoms with van der Waals surface area (Å²) in [6, 6.07) is 7.86. The van der Waals surface area contributed by atoms with Crippen LogP contribution in [0.2, 0.25) is 0 Å². The normalized spacial score (nSPS) is 17.7. The number of likely N-dealkylation sites (tertiary alicyclic amines) is 1. The van der Waals surface area contributed by atoms with Gasteiger partial charge in [-0.2, -0.15) is 18.3 Å². The van der Waals surface area contributed by atoms with Gasteiger partial charge in [-0.05, 0) is 31.4 Å². The fourth-order valence-corrected chi connectivity index (χ4v) is 4.10. The molecule has 1 aromatic heterocycles. The van der Waals surface area contributed by atoms with Crippen LogP contribution in [0.4, 0.5) is 18.0 Å². The number of amides is 3. The summed E-state index contributed by atoms with van der Waals surface area (Å²) < 4.78 is 42.3. The predicted octanol–water partition coefficient (Wildman–Crippen LogP) is 3.25. The van der Waals surface area contributed by atoms with Crippen molar-refractivity contribution in [2.24, 2.45) is 0 Å². The summed E-state index contributed by atoms with van der Waals surface area (Å²) in [5.74, 6) is -0.723. The Morgan fingerprint density at radius 3 is 2.00 bits per heavy atom. The highest BCUT2D eigenvalue weighted by Gasteiger charge is 2.42. The minimum Gasteiger partial charge on any atom is -0.335 e. The third-order valence-corrected chi connectivity index (χ3v) is 5.73. The number of urea groups is 1. The average Bonchev–Trinajstić information content (AvgIpc) is 3.25. The van der Waals surface area contributed by atoms with Gasteiger partial charge >= 0.3 is 12.2 Å². The van der Waals surface area contributed by atoms with Gasteiger partial charge in [-0.25, -0.2) is 9.48 Å². The van der Waals surface area contributed by atoms with Crippen molar-refractivity contribution in [2.45, 2.75) is 25.4 Å². The summed E-state index contributed by atoms with van der Waals surface area (Å²) in [7, 11) is 0. The van der Waals surface area contributed by atoms with Crippen LogP contribution in [-0.4, -0.2) is 75.7 Å². The Bertz CT molecular complexity index is 930. The van der Waals surface area contributed by atoms with Gasteiger partial charge in [0, 0.05) is 39.3 Å². The molecule has 2 fully saturated rings. The molecule has 0 spiro atoms. The molecule has 3 heterocycles. The number of hydrogen-bond acceptors (Lipinski definition) is 3. The zero-order valence-electron chi connectivity index (χ0n) is 17.0. The van der Waals surface area contributed by atoms with Crippen LogP contribution in [0, 0.1) is 0 Å². The molecule has 2 aliphatic heterocycles. The number of aromatic nitrogens is 2. The van der Waals surface area contributed by atoms with Crippen molar-refractivity contribution in [3.05, 3.63) is 47.8 Å². The first kappa shape index (κ1) is 21.2. The highest BCUT2D eigenvalue weighted by Crippen LogP contribution is 2.34. The predicted molar refractivity (Wildman–Crippen MR) is 107 cm³/mol. The molecular weight excluding hydrogens is 411 g/mol. The molecule has 4 rings (SSSR count). The molecule has 166 valence electrons. The number of carbonyl (C=O) groups is 2. The largest absolute Gasteiger partial charge is 0.434 e. The molecule has 1 aromatic carbocycles. The highest BCUT2D eigenvalue weighted by molar-refractivity contribution is 5.95. The number of piperidine rings is 1. The lowest BCUT2D eigenvalue weighted by Gasteiger charge is -2.38. The summed E-state index contributed by atoms with van der Waals surface area (Å²) >= 11 is 0. The Hall–Kier alpha value is -3.04. The second-order valence-corrected chi connectivity index (χ2v) is 7.76. The van der Waals surface area contributed by atoms with E-state index in [9.17, 15) is 22.8 Å². The number of halogens is 3. The Balaban J connectivity index is 1.49. The lowest BCUT2D eigenvalue weighted by atomic mass is 10.1. The van der Waals surface area contributed by atoms with Crippen molar-refractivity contribution in [1.82, 2.24) is 24.5 Å². The molecular formula is C21H24F3N5O2. The summed E-state index contributed by atoms with van der Waals surface area (Å²) in [5.41, 5.74) is -1.34. The van der Waals surface area contributed by atoms with Crippen molar-refractivity contribution in [3.8, 4) is 5.69 Å². The maximum atomic E-state index is 13.8. The lowest BCUT2D eigenvalue weighted by Crippen LogP contribution is -2.54. The smallest absolute Gasteiger partial charge is 0.335 e. The maximum absolute atomic E-state index is 13.8. The van der Waals surface area contributed by atoms with E-state index in [4.69, 9.17) is 0 Å². The second kappa shape index (κ2) is 8.60. The van der Waals surface area contributed by atoms with E-state index >= 15 is 0 Å². The number of rotatable bonds is 2. The van der Waals surface area contributed by atoms with Crippen molar-refractivity contribution >= 4 is 11.9 Å². The average molecular weight is 435 g/mol. The summed E-state index contributed by atoms with van der Waals surface area (Å²) in [6.45, 7) is 2.43. The van der Waals surface area contributed by atoms with E-state index in [0.717, 1.165) is 43.2 Å². The number of nitrogens with zero attached hydrogens (tertiary/aromatic N) is 5. The fourth-order valence-electron chi connectivity index (χ4n) is 4.10. The van der Waals surface area contributed by atoms with Crippen LogP contribution in [0.5, 0.6) is 0 Å². The Labute approximate surface area is 178 Å². The number of hydrogen-bond donors (Lipinski definition) is 0. The van der Waals surface area contributed by atoms with Crippen LogP contribution in [0.25, 0.3) is 5.69 Å². The Kier molecular flexibility index (Phi) is 5.88. The standard InChI is InChI=1S/C21H24F3N5O2/c22-21(23,24)18-17(15-25-29(18)16-7-3-1-4-8-16)19(30)26-11-13-28(14-12-26)20(31)27-9-5-2-6-10-27/h1,3-4,7-8,15H,2,5-6,9-14H2. The van der Waals surface area contributed by atoms with Crippen molar-refractivity contribution in [1.29, 1.82) is 0 Å². The lowest BCUT2D eigenvalue weighted by molar-refractivity contribution is -0.143. The van der Waals surface area contributed by atoms with Crippen LogP contribution in [0.1, 0.15) is 35.3 Å². The minimum atomic E-state index is -4.75. The van der Waals surface area contributed by atoms with E-state index in [1.807, 2.05) is 4.90 Å². The number of benzene rings is 1. The topological polar surface area (TPSA) is 61.7 Å². The fraction of sp³-hybridized carbons (Fsp3) is 0.476. The van der Waals surface area contributed by atoms with E-state index in [-0.39, 0.29) is 24.8 Å². The molecule has 31 heavy (non-hydrogen) atoms. The highest BCUT2D eigenvalue weighted by atomic mass is 19.4. The molecule has 0 saturated carbocycles.